The van der Waals surface area contributed by atoms with Gasteiger partial charge in [0.15, 0.2) is 11.6 Å². The number of nitrogen functional groups attached to an aromatic ring is 1. The summed E-state index contributed by atoms with van der Waals surface area (Å²) in [5, 5.41) is 2.92. The second kappa shape index (κ2) is 5.79. The summed E-state index contributed by atoms with van der Waals surface area (Å²) in [6.07, 6.45) is 0. The number of hydrogen-bond donors (Lipinski definition) is 2. The molecule has 1 amide bonds. The summed E-state index contributed by atoms with van der Waals surface area (Å²) in [6.45, 7) is 0. The van der Waals surface area contributed by atoms with E-state index in [2.05, 4.69) is 5.32 Å². The number of nitrogens with one attached hydrogen (secondary N) is 1. The van der Waals surface area contributed by atoms with Gasteiger partial charge in [0, 0.05) is 17.3 Å². The molecule has 104 valence electrons. The molecule has 3 N–H and O–H groups in total. The molecule has 0 radical (unpaired) electrons. The largest absolute Gasteiger partial charge is 0.494 e. The Hall–Kier alpha value is -2.27. The molecule has 0 aliphatic heterocycles. The third-order valence-electron chi connectivity index (χ3n) is 2.67. The zero-order valence-electron chi connectivity index (χ0n) is 10.6. The van der Waals surface area contributed by atoms with Gasteiger partial charge in [0.1, 0.15) is 0 Å². The number of hydrogen-bond acceptors (Lipinski definition) is 3. The quantitative estimate of drug-likeness (QED) is 0.854. The van der Waals surface area contributed by atoms with E-state index >= 15 is 0 Å². The molecular formula is C14H12ClFN2O2. The summed E-state index contributed by atoms with van der Waals surface area (Å²) in [4.78, 5) is 12.0. The van der Waals surface area contributed by atoms with E-state index in [1.54, 1.807) is 12.1 Å². The zero-order chi connectivity index (χ0) is 14.7. The first-order chi connectivity index (χ1) is 9.51. The van der Waals surface area contributed by atoms with Crippen LogP contribution in [0.2, 0.25) is 5.02 Å². The van der Waals surface area contributed by atoms with Crippen LogP contribution in [0.1, 0.15) is 10.4 Å². The third-order valence-corrected chi connectivity index (χ3v) is 3.00. The van der Waals surface area contributed by atoms with Gasteiger partial charge >= 0.3 is 0 Å². The van der Waals surface area contributed by atoms with Crippen LogP contribution in [0.25, 0.3) is 0 Å². The van der Waals surface area contributed by atoms with E-state index in [1.165, 1.54) is 31.4 Å². The summed E-state index contributed by atoms with van der Waals surface area (Å²) in [5.41, 5.74) is 6.74. The first kappa shape index (κ1) is 14.1. The lowest BCUT2D eigenvalue weighted by molar-refractivity contribution is 0.102. The molecule has 0 fully saturated rings. The van der Waals surface area contributed by atoms with Crippen LogP contribution in [0.15, 0.2) is 36.4 Å². The van der Waals surface area contributed by atoms with Gasteiger partial charge in [-0.25, -0.2) is 4.39 Å². The van der Waals surface area contributed by atoms with E-state index in [0.717, 1.165) is 0 Å². The molecule has 0 saturated heterocycles. The number of nitrogens with two attached hydrogens (primary N) is 1. The highest BCUT2D eigenvalue weighted by atomic mass is 35.5. The van der Waals surface area contributed by atoms with Crippen molar-refractivity contribution in [3.63, 3.8) is 0 Å². The number of anilines is 2. The molecule has 0 saturated carbocycles. The number of ether oxygens (including phenoxy) is 1. The van der Waals surface area contributed by atoms with Crippen LogP contribution in [0.5, 0.6) is 5.75 Å². The number of halogens is 2. The Morgan fingerprint density at radius 3 is 2.70 bits per heavy atom. The fourth-order valence-corrected chi connectivity index (χ4v) is 1.79. The van der Waals surface area contributed by atoms with Gasteiger partial charge in [-0.05, 0) is 30.3 Å². The number of rotatable bonds is 3. The lowest BCUT2D eigenvalue weighted by atomic mass is 10.2. The average Bonchev–Trinajstić information content (AvgIpc) is 2.43. The minimum absolute atomic E-state index is 0.0538. The van der Waals surface area contributed by atoms with Crippen LogP contribution in [-0.2, 0) is 0 Å². The third kappa shape index (κ3) is 3.00. The molecule has 20 heavy (non-hydrogen) atoms. The van der Waals surface area contributed by atoms with E-state index in [9.17, 15) is 9.18 Å². The van der Waals surface area contributed by atoms with Crippen molar-refractivity contribution in [3.05, 3.63) is 52.8 Å². The molecule has 4 nitrogen and oxygen atoms in total. The highest BCUT2D eigenvalue weighted by Gasteiger charge is 2.10. The van der Waals surface area contributed by atoms with Gasteiger partial charge in [0.05, 0.1) is 17.8 Å². The number of carbonyl (C=O) groups is 1. The maximum Gasteiger partial charge on any atom is 0.255 e. The van der Waals surface area contributed by atoms with E-state index in [4.69, 9.17) is 22.1 Å². The molecule has 2 aromatic rings. The van der Waals surface area contributed by atoms with Crippen LogP contribution >= 0.6 is 11.6 Å². The molecule has 0 spiro atoms. The van der Waals surface area contributed by atoms with E-state index in [-0.39, 0.29) is 11.7 Å². The van der Waals surface area contributed by atoms with Crippen molar-refractivity contribution in [1.82, 2.24) is 0 Å². The molecule has 0 aliphatic carbocycles. The Morgan fingerprint density at radius 1 is 1.30 bits per heavy atom. The standard InChI is InChI=1S/C14H12ClFN2O2/c1-20-13-7-9(3-4-11(13)16)18-14(19)8-2-5-12(17)10(15)6-8/h2-7H,17H2,1H3,(H,18,19). The van der Waals surface area contributed by atoms with Crippen LogP contribution < -0.4 is 15.8 Å². The Balaban J connectivity index is 2.21. The lowest BCUT2D eigenvalue weighted by Gasteiger charge is -2.08. The first-order valence-electron chi connectivity index (χ1n) is 5.71. The van der Waals surface area contributed by atoms with Crippen molar-refractivity contribution in [2.24, 2.45) is 0 Å². The Bertz CT molecular complexity index is 662. The number of carbonyl (C=O) groups excluding carboxylic acids is 1. The first-order valence-corrected chi connectivity index (χ1v) is 6.09. The predicted molar refractivity (Wildman–Crippen MR) is 76.8 cm³/mol. The lowest BCUT2D eigenvalue weighted by Crippen LogP contribution is -2.12. The highest BCUT2D eigenvalue weighted by molar-refractivity contribution is 6.33. The molecule has 2 rings (SSSR count). The Labute approximate surface area is 120 Å². The Kier molecular flexibility index (Phi) is 4.10. The van der Waals surface area contributed by atoms with Crippen molar-refractivity contribution in [1.29, 1.82) is 0 Å². The average molecular weight is 295 g/mol. The van der Waals surface area contributed by atoms with Gasteiger partial charge in [-0.2, -0.15) is 0 Å². The molecule has 2 aromatic carbocycles. The minimum atomic E-state index is -0.499. The molecular weight excluding hydrogens is 283 g/mol. The predicted octanol–water partition coefficient (Wildman–Crippen LogP) is 3.32. The summed E-state index contributed by atoms with van der Waals surface area (Å²) >= 11 is 5.85. The van der Waals surface area contributed by atoms with E-state index in [0.29, 0.717) is 22.0 Å². The zero-order valence-corrected chi connectivity index (χ0v) is 11.4. The summed E-state index contributed by atoms with van der Waals surface area (Å²) in [6, 6.07) is 8.61. The second-order valence-corrected chi connectivity index (χ2v) is 4.45. The van der Waals surface area contributed by atoms with Gasteiger partial charge < -0.3 is 15.8 Å². The maximum atomic E-state index is 13.3. The number of benzene rings is 2. The molecule has 0 atom stereocenters. The van der Waals surface area contributed by atoms with Crippen molar-refractivity contribution in [2.75, 3.05) is 18.2 Å². The smallest absolute Gasteiger partial charge is 0.255 e. The molecule has 0 heterocycles. The summed E-state index contributed by atoms with van der Waals surface area (Å²) < 4.78 is 18.1. The molecule has 0 aromatic heterocycles. The van der Waals surface area contributed by atoms with Gasteiger partial charge in [0.25, 0.3) is 5.91 Å². The second-order valence-electron chi connectivity index (χ2n) is 4.04. The van der Waals surface area contributed by atoms with Crippen molar-refractivity contribution >= 4 is 28.9 Å². The van der Waals surface area contributed by atoms with Gasteiger partial charge in [-0.1, -0.05) is 11.6 Å². The summed E-state index contributed by atoms with van der Waals surface area (Å²) in [5.74, 6) is -0.820. The molecule has 0 aliphatic rings. The highest BCUT2D eigenvalue weighted by Crippen LogP contribution is 2.23. The van der Waals surface area contributed by atoms with Crippen molar-refractivity contribution < 1.29 is 13.9 Å². The monoisotopic (exact) mass is 294 g/mol. The number of amides is 1. The van der Waals surface area contributed by atoms with Crippen LogP contribution in [0, 0.1) is 5.82 Å². The van der Waals surface area contributed by atoms with Crippen molar-refractivity contribution in [3.8, 4) is 5.75 Å². The maximum absolute atomic E-state index is 13.3. The van der Waals surface area contributed by atoms with Gasteiger partial charge in [-0.15, -0.1) is 0 Å². The topological polar surface area (TPSA) is 64.3 Å². The Morgan fingerprint density at radius 2 is 2.05 bits per heavy atom. The van der Waals surface area contributed by atoms with E-state index < -0.39 is 5.82 Å². The number of methoxy groups -OCH3 is 1. The minimum Gasteiger partial charge on any atom is -0.494 e. The molecule has 6 heteroatoms. The van der Waals surface area contributed by atoms with Gasteiger partial charge in [0.2, 0.25) is 0 Å². The van der Waals surface area contributed by atoms with Crippen molar-refractivity contribution in [2.45, 2.75) is 0 Å². The van der Waals surface area contributed by atoms with Crippen LogP contribution in [-0.4, -0.2) is 13.0 Å². The van der Waals surface area contributed by atoms with Crippen LogP contribution in [0.4, 0.5) is 15.8 Å². The SMILES string of the molecule is COc1cc(NC(=O)c2ccc(N)c(Cl)c2)ccc1F. The fourth-order valence-electron chi connectivity index (χ4n) is 1.61. The summed E-state index contributed by atoms with van der Waals surface area (Å²) in [7, 11) is 1.35. The van der Waals surface area contributed by atoms with E-state index in [1.807, 2.05) is 0 Å². The van der Waals surface area contributed by atoms with Gasteiger partial charge in [-0.3, -0.25) is 4.79 Å². The fraction of sp³-hybridized carbons (Fsp3) is 0.0714. The molecule has 0 bridgehead atoms. The van der Waals surface area contributed by atoms with Crippen LogP contribution in [0.3, 0.4) is 0 Å². The normalized spacial score (nSPS) is 10.2. The molecule has 0 unspecified atom stereocenters.